The second kappa shape index (κ2) is 7.72. The van der Waals surface area contributed by atoms with Gasteiger partial charge in [0.05, 0.1) is 6.20 Å². The number of nitrogens with zero attached hydrogens (tertiary/aromatic N) is 6. The van der Waals surface area contributed by atoms with Crippen LogP contribution in [0.1, 0.15) is 6.92 Å². The van der Waals surface area contributed by atoms with E-state index in [-0.39, 0.29) is 13.1 Å². The minimum absolute atomic E-state index is 0.195. The van der Waals surface area contributed by atoms with Crippen LogP contribution in [-0.4, -0.2) is 73.3 Å². The van der Waals surface area contributed by atoms with Gasteiger partial charge in [0.2, 0.25) is 0 Å². The summed E-state index contributed by atoms with van der Waals surface area (Å²) in [6, 6.07) is -0.569. The third-order valence-corrected chi connectivity index (χ3v) is 4.07. The van der Waals surface area contributed by atoms with E-state index in [1.807, 2.05) is 4.57 Å². The van der Waals surface area contributed by atoms with Crippen molar-refractivity contribution in [2.75, 3.05) is 26.2 Å². The second-order valence-corrected chi connectivity index (χ2v) is 5.61. The smallest absolute Gasteiger partial charge is 0.324 e. The topological polar surface area (TPSA) is 113 Å². The number of carbonyl (C=O) groups excluding carboxylic acids is 3. The van der Waals surface area contributed by atoms with Crippen LogP contribution in [0.5, 0.6) is 0 Å². The van der Waals surface area contributed by atoms with E-state index >= 15 is 0 Å². The van der Waals surface area contributed by atoms with Crippen LogP contribution in [0.25, 0.3) is 11.5 Å². The third kappa shape index (κ3) is 3.53. The van der Waals surface area contributed by atoms with Crippen molar-refractivity contribution in [2.24, 2.45) is 0 Å². The SMILES string of the molecule is CCN1CCN(C(=O)NCCn2ccnc2-c2cnccn2)C(=O)C1=O. The Morgan fingerprint density at radius 2 is 2.00 bits per heavy atom. The van der Waals surface area contributed by atoms with Gasteiger partial charge in [-0.15, -0.1) is 0 Å². The minimum Gasteiger partial charge on any atom is -0.336 e. The molecule has 1 saturated heterocycles. The molecule has 2 aromatic rings. The first-order chi connectivity index (χ1) is 12.6. The van der Waals surface area contributed by atoms with Gasteiger partial charge in [0.15, 0.2) is 5.82 Å². The molecule has 3 heterocycles. The Balaban J connectivity index is 1.56. The Bertz CT molecular complexity index is 805. The molecule has 1 N–H and O–H groups in total. The van der Waals surface area contributed by atoms with Crippen LogP contribution in [0.4, 0.5) is 4.79 Å². The first-order valence-electron chi connectivity index (χ1n) is 8.28. The fourth-order valence-corrected chi connectivity index (χ4v) is 2.69. The fraction of sp³-hybridized carbons (Fsp3) is 0.375. The number of hydrogen-bond acceptors (Lipinski definition) is 6. The molecule has 0 aliphatic carbocycles. The number of nitrogens with one attached hydrogen (secondary N) is 1. The highest BCUT2D eigenvalue weighted by molar-refractivity contribution is 6.38. The van der Waals surface area contributed by atoms with E-state index in [4.69, 9.17) is 0 Å². The zero-order valence-corrected chi connectivity index (χ0v) is 14.3. The van der Waals surface area contributed by atoms with Gasteiger partial charge in [0.25, 0.3) is 0 Å². The summed E-state index contributed by atoms with van der Waals surface area (Å²) in [6.45, 7) is 3.51. The molecule has 0 bridgehead atoms. The number of aromatic nitrogens is 4. The number of urea groups is 1. The molecule has 0 aromatic carbocycles. The molecule has 0 radical (unpaired) electrons. The lowest BCUT2D eigenvalue weighted by atomic mass is 10.3. The predicted molar refractivity (Wildman–Crippen MR) is 90.6 cm³/mol. The first-order valence-corrected chi connectivity index (χ1v) is 8.28. The molecule has 0 saturated carbocycles. The van der Waals surface area contributed by atoms with Gasteiger partial charge < -0.3 is 14.8 Å². The van der Waals surface area contributed by atoms with Crippen molar-refractivity contribution in [1.82, 2.24) is 34.6 Å². The lowest BCUT2D eigenvalue weighted by Crippen LogP contribution is -2.58. The van der Waals surface area contributed by atoms with Crippen molar-refractivity contribution >= 4 is 17.8 Å². The van der Waals surface area contributed by atoms with E-state index in [1.54, 1.807) is 37.9 Å². The normalized spacial score (nSPS) is 14.7. The maximum absolute atomic E-state index is 12.2. The van der Waals surface area contributed by atoms with Crippen LogP contribution in [0, 0.1) is 0 Å². The fourth-order valence-electron chi connectivity index (χ4n) is 2.69. The van der Waals surface area contributed by atoms with Crippen LogP contribution >= 0.6 is 0 Å². The number of amides is 4. The van der Waals surface area contributed by atoms with Gasteiger partial charge in [0.1, 0.15) is 5.69 Å². The molecule has 2 aromatic heterocycles. The van der Waals surface area contributed by atoms with Gasteiger partial charge in [-0.2, -0.15) is 0 Å². The van der Waals surface area contributed by atoms with Crippen molar-refractivity contribution in [3.05, 3.63) is 31.0 Å². The Kier molecular flexibility index (Phi) is 5.20. The molecule has 10 heteroatoms. The molecule has 1 aliphatic rings. The van der Waals surface area contributed by atoms with Crippen molar-refractivity contribution in [1.29, 1.82) is 0 Å². The van der Waals surface area contributed by atoms with Gasteiger partial charge in [0, 0.05) is 57.5 Å². The van der Waals surface area contributed by atoms with Gasteiger partial charge in [-0.1, -0.05) is 0 Å². The Labute approximate surface area is 149 Å². The molecule has 26 heavy (non-hydrogen) atoms. The van der Waals surface area contributed by atoms with Gasteiger partial charge in [-0.05, 0) is 6.92 Å². The third-order valence-electron chi connectivity index (χ3n) is 4.07. The molecule has 0 unspecified atom stereocenters. The highest BCUT2D eigenvalue weighted by atomic mass is 16.2. The average molecular weight is 357 g/mol. The lowest BCUT2D eigenvalue weighted by Gasteiger charge is -2.31. The number of imidazole rings is 1. The molecular formula is C16H19N7O3. The van der Waals surface area contributed by atoms with Crippen LogP contribution in [0.15, 0.2) is 31.0 Å². The molecular weight excluding hydrogens is 338 g/mol. The van der Waals surface area contributed by atoms with Crippen molar-refractivity contribution in [3.8, 4) is 11.5 Å². The maximum Gasteiger partial charge on any atom is 0.324 e. The van der Waals surface area contributed by atoms with Gasteiger partial charge in [-0.25, -0.2) is 14.8 Å². The summed E-state index contributed by atoms with van der Waals surface area (Å²) in [4.78, 5) is 50.9. The van der Waals surface area contributed by atoms with Crippen LogP contribution in [0.3, 0.4) is 0 Å². The summed E-state index contributed by atoms with van der Waals surface area (Å²) in [7, 11) is 0. The number of imide groups is 1. The number of piperazine rings is 1. The van der Waals surface area contributed by atoms with E-state index in [0.717, 1.165) is 4.90 Å². The molecule has 0 spiro atoms. The highest BCUT2D eigenvalue weighted by Crippen LogP contribution is 2.12. The number of likely N-dealkylation sites (N-methyl/N-ethyl adjacent to an activating group) is 1. The molecule has 1 aliphatic heterocycles. The van der Waals surface area contributed by atoms with Crippen LogP contribution in [-0.2, 0) is 16.1 Å². The minimum atomic E-state index is -0.793. The van der Waals surface area contributed by atoms with E-state index in [1.165, 1.54) is 4.90 Å². The Morgan fingerprint density at radius 3 is 2.73 bits per heavy atom. The zero-order valence-electron chi connectivity index (χ0n) is 14.3. The lowest BCUT2D eigenvalue weighted by molar-refractivity contribution is -0.153. The van der Waals surface area contributed by atoms with E-state index in [9.17, 15) is 14.4 Å². The molecule has 1 fully saturated rings. The predicted octanol–water partition coefficient (Wildman–Crippen LogP) is -0.260. The summed E-state index contributed by atoms with van der Waals surface area (Å²) in [5.41, 5.74) is 0.625. The van der Waals surface area contributed by atoms with Gasteiger partial charge in [-0.3, -0.25) is 19.5 Å². The molecule has 4 amide bonds. The average Bonchev–Trinajstić information content (AvgIpc) is 3.13. The summed E-state index contributed by atoms with van der Waals surface area (Å²) < 4.78 is 1.83. The zero-order chi connectivity index (χ0) is 18.5. The van der Waals surface area contributed by atoms with Crippen LogP contribution < -0.4 is 5.32 Å². The maximum atomic E-state index is 12.2. The second-order valence-electron chi connectivity index (χ2n) is 5.61. The van der Waals surface area contributed by atoms with E-state index < -0.39 is 17.8 Å². The molecule has 0 atom stereocenters. The number of carbonyl (C=O) groups is 3. The number of rotatable bonds is 5. The number of hydrogen-bond donors (Lipinski definition) is 1. The summed E-state index contributed by atoms with van der Waals surface area (Å²) >= 11 is 0. The van der Waals surface area contributed by atoms with E-state index in [2.05, 4.69) is 20.3 Å². The quantitative estimate of drug-likeness (QED) is 0.738. The standard InChI is InChI=1S/C16H19N7O3/c1-2-21-9-10-23(15(25)14(21)24)16(26)20-6-8-22-7-5-19-13(22)12-11-17-3-4-18-12/h3-5,7,11H,2,6,8-10H2,1H3,(H,20,26). The molecule has 136 valence electrons. The summed E-state index contributed by atoms with van der Waals surface area (Å²) in [5.74, 6) is -0.804. The Morgan fingerprint density at radius 1 is 1.15 bits per heavy atom. The summed E-state index contributed by atoms with van der Waals surface area (Å²) in [5, 5.41) is 2.66. The Hall–Kier alpha value is -3.30. The van der Waals surface area contributed by atoms with Crippen LogP contribution in [0.2, 0.25) is 0 Å². The van der Waals surface area contributed by atoms with Crippen molar-refractivity contribution in [3.63, 3.8) is 0 Å². The highest BCUT2D eigenvalue weighted by Gasteiger charge is 2.35. The summed E-state index contributed by atoms with van der Waals surface area (Å²) in [6.07, 6.45) is 8.17. The van der Waals surface area contributed by atoms with Gasteiger partial charge >= 0.3 is 17.8 Å². The first kappa shape index (κ1) is 17.5. The van der Waals surface area contributed by atoms with E-state index in [0.29, 0.717) is 31.2 Å². The molecule has 3 rings (SSSR count). The van der Waals surface area contributed by atoms with Crippen molar-refractivity contribution in [2.45, 2.75) is 13.5 Å². The van der Waals surface area contributed by atoms with Crippen molar-refractivity contribution < 1.29 is 14.4 Å². The molecule has 10 nitrogen and oxygen atoms in total. The monoisotopic (exact) mass is 357 g/mol. The largest absolute Gasteiger partial charge is 0.336 e.